The molecule has 0 aliphatic carbocycles. The number of alkyl halides is 3. The van der Waals surface area contributed by atoms with Gasteiger partial charge in [-0.15, -0.1) is 0 Å². The predicted octanol–water partition coefficient (Wildman–Crippen LogP) is 3.62. The van der Waals surface area contributed by atoms with Crippen LogP contribution in [0.4, 0.5) is 24.5 Å². The molecule has 24 heavy (non-hydrogen) atoms. The van der Waals surface area contributed by atoms with Gasteiger partial charge in [-0.25, -0.2) is 0 Å². The summed E-state index contributed by atoms with van der Waals surface area (Å²) in [5, 5.41) is 2.64. The van der Waals surface area contributed by atoms with E-state index in [2.05, 4.69) is 5.32 Å². The number of morpholine rings is 1. The first-order chi connectivity index (χ1) is 11.4. The third-order valence-electron chi connectivity index (χ3n) is 3.53. The number of halogens is 3. The van der Waals surface area contributed by atoms with Crippen molar-refractivity contribution < 1.29 is 22.7 Å². The molecule has 0 bridgehead atoms. The molecule has 134 valence electrons. The molecule has 1 aromatic rings. The molecule has 2 rings (SSSR count). The number of hydrogen-bond donors (Lipinski definition) is 1. The van der Waals surface area contributed by atoms with Gasteiger partial charge in [0.2, 0.25) is 5.91 Å². The van der Waals surface area contributed by atoms with Crippen LogP contribution in [0.15, 0.2) is 18.2 Å². The Labute approximate surface area is 143 Å². The van der Waals surface area contributed by atoms with Gasteiger partial charge in [-0.1, -0.05) is 6.92 Å². The van der Waals surface area contributed by atoms with Crippen molar-refractivity contribution in [1.29, 1.82) is 0 Å². The molecule has 1 aromatic carbocycles. The van der Waals surface area contributed by atoms with Crippen LogP contribution in [0.1, 0.15) is 18.9 Å². The Morgan fingerprint density at radius 3 is 2.67 bits per heavy atom. The fourth-order valence-corrected chi connectivity index (χ4v) is 3.08. The minimum absolute atomic E-state index is 0.203. The molecule has 0 saturated carbocycles. The topological polar surface area (TPSA) is 41.6 Å². The van der Waals surface area contributed by atoms with E-state index in [1.165, 1.54) is 17.8 Å². The van der Waals surface area contributed by atoms with Gasteiger partial charge in [-0.05, 0) is 30.4 Å². The van der Waals surface area contributed by atoms with Crippen molar-refractivity contribution in [3.63, 3.8) is 0 Å². The first-order valence-electron chi connectivity index (χ1n) is 7.83. The Morgan fingerprint density at radius 2 is 2.04 bits per heavy atom. The number of hydrogen-bond acceptors (Lipinski definition) is 4. The van der Waals surface area contributed by atoms with Crippen LogP contribution in [0.3, 0.4) is 0 Å². The zero-order valence-corrected chi connectivity index (χ0v) is 14.3. The van der Waals surface area contributed by atoms with Gasteiger partial charge in [0.25, 0.3) is 0 Å². The quantitative estimate of drug-likeness (QED) is 0.785. The molecule has 1 aliphatic heterocycles. The van der Waals surface area contributed by atoms with Crippen LogP contribution >= 0.6 is 11.8 Å². The lowest BCUT2D eigenvalue weighted by Gasteiger charge is -2.31. The van der Waals surface area contributed by atoms with Crippen molar-refractivity contribution in [3.05, 3.63) is 23.8 Å². The van der Waals surface area contributed by atoms with Gasteiger partial charge in [-0.3, -0.25) is 4.79 Å². The summed E-state index contributed by atoms with van der Waals surface area (Å²) < 4.78 is 44.2. The van der Waals surface area contributed by atoms with E-state index in [4.69, 9.17) is 4.74 Å². The summed E-state index contributed by atoms with van der Waals surface area (Å²) in [4.78, 5) is 14.0. The normalized spacial score (nSPS) is 15.4. The minimum atomic E-state index is -4.44. The molecular weight excluding hydrogens is 341 g/mol. The Balaban J connectivity index is 2.21. The molecular formula is C16H21F3N2O2S. The van der Waals surface area contributed by atoms with Gasteiger partial charge in [-0.2, -0.15) is 24.9 Å². The first-order valence-corrected chi connectivity index (χ1v) is 8.99. The second-order valence-electron chi connectivity index (χ2n) is 5.43. The van der Waals surface area contributed by atoms with Gasteiger partial charge in [0.05, 0.1) is 35.9 Å². The molecule has 4 nitrogen and oxygen atoms in total. The van der Waals surface area contributed by atoms with Crippen molar-refractivity contribution in [2.24, 2.45) is 0 Å². The first kappa shape index (κ1) is 18.9. The van der Waals surface area contributed by atoms with Crippen LogP contribution in [0.5, 0.6) is 0 Å². The van der Waals surface area contributed by atoms with Crippen LogP contribution in [0.2, 0.25) is 0 Å². The summed E-state index contributed by atoms with van der Waals surface area (Å²) in [5.74, 6) is 0.779. The number of carbonyl (C=O) groups is 1. The van der Waals surface area contributed by atoms with Crippen LogP contribution in [0, 0.1) is 0 Å². The molecule has 0 spiro atoms. The number of carbonyl (C=O) groups excluding carboxylic acids is 1. The molecule has 0 atom stereocenters. The molecule has 1 N–H and O–H groups in total. The van der Waals surface area contributed by atoms with Crippen LogP contribution in [0.25, 0.3) is 0 Å². The number of benzene rings is 1. The average molecular weight is 362 g/mol. The highest BCUT2D eigenvalue weighted by Gasteiger charge is 2.31. The maximum atomic E-state index is 13.0. The highest BCUT2D eigenvalue weighted by molar-refractivity contribution is 7.99. The summed E-state index contributed by atoms with van der Waals surface area (Å²) in [5.41, 5.74) is 0.0324. The Morgan fingerprint density at radius 1 is 1.33 bits per heavy atom. The number of nitrogens with zero attached hydrogens (tertiary/aromatic N) is 1. The fourth-order valence-electron chi connectivity index (χ4n) is 2.39. The van der Waals surface area contributed by atoms with E-state index < -0.39 is 11.7 Å². The maximum absolute atomic E-state index is 13.0. The van der Waals surface area contributed by atoms with Gasteiger partial charge in [0.15, 0.2) is 0 Å². The second-order valence-corrected chi connectivity index (χ2v) is 6.54. The zero-order valence-electron chi connectivity index (χ0n) is 13.5. The number of rotatable bonds is 6. The molecule has 1 amide bonds. The molecule has 1 aliphatic rings. The fraction of sp³-hybridized carbons (Fsp3) is 0.562. The second kappa shape index (κ2) is 8.62. The lowest BCUT2D eigenvalue weighted by Crippen LogP contribution is -2.37. The minimum Gasteiger partial charge on any atom is -0.378 e. The number of anilines is 2. The molecule has 1 saturated heterocycles. The summed E-state index contributed by atoms with van der Waals surface area (Å²) in [6, 6.07) is 3.47. The van der Waals surface area contributed by atoms with Crippen molar-refractivity contribution in [1.82, 2.24) is 0 Å². The lowest BCUT2D eigenvalue weighted by atomic mass is 10.1. The van der Waals surface area contributed by atoms with Gasteiger partial charge >= 0.3 is 6.18 Å². The molecule has 1 heterocycles. The van der Waals surface area contributed by atoms with Crippen LogP contribution in [-0.2, 0) is 15.7 Å². The average Bonchev–Trinajstić information content (AvgIpc) is 2.55. The van der Waals surface area contributed by atoms with Crippen molar-refractivity contribution in [2.45, 2.75) is 19.5 Å². The van der Waals surface area contributed by atoms with Gasteiger partial charge in [0.1, 0.15) is 0 Å². The molecule has 0 unspecified atom stereocenters. The third kappa shape index (κ3) is 5.31. The van der Waals surface area contributed by atoms with Crippen LogP contribution < -0.4 is 10.2 Å². The SMILES string of the molecule is CCCSCC(=O)Nc1cc(C(F)(F)F)ccc1N1CCOCC1. The number of amides is 1. The van der Waals surface area contributed by atoms with E-state index in [9.17, 15) is 18.0 Å². The largest absolute Gasteiger partial charge is 0.416 e. The monoisotopic (exact) mass is 362 g/mol. The molecule has 0 radical (unpaired) electrons. The highest BCUT2D eigenvalue weighted by Crippen LogP contribution is 2.35. The highest BCUT2D eigenvalue weighted by atomic mass is 32.2. The van der Waals surface area contributed by atoms with E-state index in [1.807, 2.05) is 11.8 Å². The molecule has 0 aromatic heterocycles. The maximum Gasteiger partial charge on any atom is 0.416 e. The van der Waals surface area contributed by atoms with Crippen molar-refractivity contribution >= 4 is 29.0 Å². The Hall–Kier alpha value is -1.41. The standard InChI is InChI=1S/C16H21F3N2O2S/c1-2-9-24-11-15(22)20-13-10-12(16(17,18)19)3-4-14(13)21-5-7-23-8-6-21/h3-4,10H,2,5-9,11H2,1H3,(H,20,22). The Bertz CT molecular complexity index is 561. The van der Waals surface area contributed by atoms with E-state index in [1.54, 1.807) is 0 Å². The predicted molar refractivity (Wildman–Crippen MR) is 90.7 cm³/mol. The lowest BCUT2D eigenvalue weighted by molar-refractivity contribution is -0.137. The van der Waals surface area contributed by atoms with Crippen molar-refractivity contribution in [2.75, 3.05) is 48.0 Å². The van der Waals surface area contributed by atoms with E-state index in [-0.39, 0.29) is 17.3 Å². The number of ether oxygens (including phenoxy) is 1. The molecule has 8 heteroatoms. The van der Waals surface area contributed by atoms with E-state index in [0.29, 0.717) is 32.0 Å². The van der Waals surface area contributed by atoms with Gasteiger partial charge < -0.3 is 15.0 Å². The van der Waals surface area contributed by atoms with Gasteiger partial charge in [0, 0.05) is 13.1 Å². The number of thioether (sulfide) groups is 1. The summed E-state index contributed by atoms with van der Waals surface area (Å²) in [7, 11) is 0. The van der Waals surface area contributed by atoms with Crippen LogP contribution in [-0.4, -0.2) is 43.7 Å². The molecule has 1 fully saturated rings. The van der Waals surface area contributed by atoms with E-state index in [0.717, 1.165) is 24.3 Å². The van der Waals surface area contributed by atoms with Crippen molar-refractivity contribution in [3.8, 4) is 0 Å². The summed E-state index contributed by atoms with van der Waals surface area (Å²) in [6.45, 7) is 4.20. The summed E-state index contributed by atoms with van der Waals surface area (Å²) >= 11 is 1.46. The summed E-state index contributed by atoms with van der Waals surface area (Å²) in [6.07, 6.45) is -3.50. The zero-order chi connectivity index (χ0) is 17.6. The third-order valence-corrected chi connectivity index (χ3v) is 4.69. The number of nitrogens with one attached hydrogen (secondary N) is 1. The van der Waals surface area contributed by atoms with E-state index >= 15 is 0 Å². The smallest absolute Gasteiger partial charge is 0.378 e. The Kier molecular flexibility index (Phi) is 6.79.